The van der Waals surface area contributed by atoms with E-state index in [4.69, 9.17) is 0 Å². The van der Waals surface area contributed by atoms with E-state index in [1.165, 1.54) is 278 Å². The summed E-state index contributed by atoms with van der Waals surface area (Å²) in [5, 5.41) is 0. The monoisotopic (exact) mass is 919 g/mol. The summed E-state index contributed by atoms with van der Waals surface area (Å²) in [6.07, 6.45) is 56.2. The van der Waals surface area contributed by atoms with E-state index < -0.39 is 0 Å². The van der Waals surface area contributed by atoms with Crippen LogP contribution < -0.4 is 0 Å². The number of hydrogen-bond acceptors (Lipinski definition) is 3. The highest BCUT2D eigenvalue weighted by Gasteiger charge is 2.14. The Labute approximate surface area is 409 Å². The summed E-state index contributed by atoms with van der Waals surface area (Å²) in [4.78, 5) is 16.2. The van der Waals surface area contributed by atoms with Crippen molar-refractivity contribution < 1.29 is 4.79 Å². The molecule has 0 heterocycles. The van der Waals surface area contributed by atoms with E-state index in [0.717, 1.165) is 23.0 Å². The van der Waals surface area contributed by atoms with Crippen LogP contribution in [0, 0.1) is 11.8 Å². The molecule has 0 aliphatic rings. The lowest BCUT2D eigenvalue weighted by molar-refractivity contribution is 0.103. The molecule has 0 N–H and O–H groups in total. The largest absolute Gasteiger partial charge is 0.289 e. The van der Waals surface area contributed by atoms with Crippen molar-refractivity contribution in [3.63, 3.8) is 0 Å². The molecule has 0 radical (unpaired) electrons. The topological polar surface area (TPSA) is 17.1 Å². The lowest BCUT2D eigenvalue weighted by Gasteiger charge is -2.17. The van der Waals surface area contributed by atoms with Gasteiger partial charge < -0.3 is 0 Å². The fourth-order valence-electron chi connectivity index (χ4n) is 9.60. The fourth-order valence-corrected chi connectivity index (χ4v) is 11.8. The number of ketones is 1. The molecule has 368 valence electrons. The molecule has 0 aromatic heterocycles. The van der Waals surface area contributed by atoms with Crippen LogP contribution in [0.1, 0.15) is 300 Å². The number of carbonyl (C=O) groups is 1. The van der Waals surface area contributed by atoms with Gasteiger partial charge in [0.15, 0.2) is 5.78 Å². The molecule has 3 heteroatoms. The SMILES string of the molecule is CCCCCCCCCCCCC(CCCCCCCCCC)CSc1ccc(C(=O)c2ccc(SCC(CCCCCCCCCC)CCCCCCCCCCCC)cc2)cc1. The Bertz CT molecular complexity index is 1170. The van der Waals surface area contributed by atoms with Crippen LogP contribution in [0.5, 0.6) is 0 Å². The lowest BCUT2D eigenvalue weighted by atomic mass is 9.95. The molecule has 64 heavy (non-hydrogen) atoms. The minimum absolute atomic E-state index is 0.148. The van der Waals surface area contributed by atoms with Crippen LogP contribution in [0.3, 0.4) is 0 Å². The maximum atomic E-state index is 13.6. The van der Waals surface area contributed by atoms with Crippen molar-refractivity contribution in [3.05, 3.63) is 59.7 Å². The van der Waals surface area contributed by atoms with E-state index in [2.05, 4.69) is 76.2 Å². The normalized spacial score (nSPS) is 12.6. The van der Waals surface area contributed by atoms with Crippen LogP contribution in [0.25, 0.3) is 0 Å². The Morgan fingerprint density at radius 1 is 0.312 bits per heavy atom. The molecule has 2 aromatic carbocycles. The maximum Gasteiger partial charge on any atom is 0.193 e. The predicted octanol–water partition coefficient (Wildman–Crippen LogP) is 22.0. The van der Waals surface area contributed by atoms with Crippen molar-refractivity contribution in [2.45, 2.75) is 294 Å². The minimum Gasteiger partial charge on any atom is -0.289 e. The Hall–Kier alpha value is -1.19. The van der Waals surface area contributed by atoms with Crippen molar-refractivity contribution >= 4 is 29.3 Å². The van der Waals surface area contributed by atoms with Gasteiger partial charge in [-0.1, -0.05) is 259 Å². The molecule has 2 atom stereocenters. The quantitative estimate of drug-likeness (QED) is 0.0374. The standard InChI is InChI=1S/C61H106OS2/c1-5-9-13-17-21-25-27-31-35-39-43-55(41-37-33-29-23-19-15-11-7-3)53-63-59-49-45-57(46-50-59)61(62)58-47-51-60(52-48-58)64-54-56(42-38-34-30-24-20-16-12-8-4)44-40-36-32-28-26-22-18-14-10-6-2/h45-52,55-56H,5-44,53-54H2,1-4H3. The number of carbonyl (C=O) groups excluding carboxylic acids is 1. The van der Waals surface area contributed by atoms with Gasteiger partial charge in [0.05, 0.1) is 0 Å². The molecule has 0 saturated carbocycles. The van der Waals surface area contributed by atoms with Crippen molar-refractivity contribution in [2.75, 3.05) is 11.5 Å². The summed E-state index contributed by atoms with van der Waals surface area (Å²) in [6.45, 7) is 9.24. The maximum absolute atomic E-state index is 13.6. The van der Waals surface area contributed by atoms with Crippen LogP contribution in [0.4, 0.5) is 0 Å². The predicted molar refractivity (Wildman–Crippen MR) is 292 cm³/mol. The van der Waals surface area contributed by atoms with Gasteiger partial charge in [-0.3, -0.25) is 4.79 Å². The van der Waals surface area contributed by atoms with Crippen molar-refractivity contribution in [1.29, 1.82) is 0 Å². The number of rotatable bonds is 48. The zero-order chi connectivity index (χ0) is 45.8. The van der Waals surface area contributed by atoms with Crippen LogP contribution in [-0.2, 0) is 0 Å². The number of thioether (sulfide) groups is 2. The number of unbranched alkanes of at least 4 members (excludes halogenated alkanes) is 32. The van der Waals surface area contributed by atoms with Crippen molar-refractivity contribution in [2.24, 2.45) is 11.8 Å². The lowest BCUT2D eigenvalue weighted by Crippen LogP contribution is -2.05. The highest BCUT2D eigenvalue weighted by molar-refractivity contribution is 7.99. The van der Waals surface area contributed by atoms with Gasteiger partial charge in [-0.15, -0.1) is 23.5 Å². The second kappa shape index (κ2) is 44.3. The summed E-state index contributed by atoms with van der Waals surface area (Å²) in [7, 11) is 0. The van der Waals surface area contributed by atoms with Crippen LogP contribution in [-0.4, -0.2) is 17.3 Å². The third-order valence-electron chi connectivity index (χ3n) is 14.1. The van der Waals surface area contributed by atoms with Crippen LogP contribution in [0.2, 0.25) is 0 Å². The molecular weight excluding hydrogens is 813 g/mol. The first-order valence-electron chi connectivity index (χ1n) is 28.6. The average Bonchev–Trinajstić information content (AvgIpc) is 3.32. The third kappa shape index (κ3) is 33.3. The fraction of sp³-hybridized carbons (Fsp3) is 0.787. The Morgan fingerprint density at radius 3 is 0.734 bits per heavy atom. The van der Waals surface area contributed by atoms with E-state index >= 15 is 0 Å². The van der Waals surface area contributed by atoms with Gasteiger partial charge in [0, 0.05) is 32.4 Å². The summed E-state index contributed by atoms with van der Waals surface area (Å²) >= 11 is 4.04. The first-order chi connectivity index (χ1) is 31.6. The zero-order valence-electron chi connectivity index (χ0n) is 43.2. The highest BCUT2D eigenvalue weighted by atomic mass is 32.2. The van der Waals surface area contributed by atoms with Crippen LogP contribution in [0.15, 0.2) is 58.3 Å². The van der Waals surface area contributed by atoms with Gasteiger partial charge in [-0.05, 0) is 86.1 Å². The van der Waals surface area contributed by atoms with E-state index in [-0.39, 0.29) is 5.78 Å². The molecule has 0 aliphatic carbocycles. The molecule has 0 bridgehead atoms. The summed E-state index contributed by atoms with van der Waals surface area (Å²) in [5.41, 5.74) is 1.63. The molecule has 2 rings (SSSR count). The van der Waals surface area contributed by atoms with Gasteiger partial charge in [-0.25, -0.2) is 0 Å². The second-order valence-corrected chi connectivity index (χ2v) is 22.4. The van der Waals surface area contributed by atoms with E-state index in [1.54, 1.807) is 0 Å². The molecular formula is C61H106OS2. The summed E-state index contributed by atoms with van der Waals surface area (Å²) in [6, 6.07) is 17.1. The van der Waals surface area contributed by atoms with Gasteiger partial charge in [-0.2, -0.15) is 0 Å². The van der Waals surface area contributed by atoms with Crippen molar-refractivity contribution in [3.8, 4) is 0 Å². The molecule has 1 nitrogen and oxygen atoms in total. The van der Waals surface area contributed by atoms with E-state index in [0.29, 0.717) is 0 Å². The molecule has 0 spiro atoms. The van der Waals surface area contributed by atoms with E-state index in [1.807, 2.05) is 23.5 Å². The Balaban J connectivity index is 1.83. The number of benzene rings is 2. The highest BCUT2D eigenvalue weighted by Crippen LogP contribution is 2.30. The van der Waals surface area contributed by atoms with E-state index in [9.17, 15) is 4.79 Å². The molecule has 2 aromatic rings. The summed E-state index contributed by atoms with van der Waals surface area (Å²) in [5.74, 6) is 4.17. The molecule has 2 unspecified atom stereocenters. The van der Waals surface area contributed by atoms with Gasteiger partial charge in [0.2, 0.25) is 0 Å². The molecule has 0 fully saturated rings. The van der Waals surface area contributed by atoms with Crippen molar-refractivity contribution in [1.82, 2.24) is 0 Å². The van der Waals surface area contributed by atoms with Gasteiger partial charge in [0.1, 0.15) is 0 Å². The molecule has 0 aliphatic heterocycles. The van der Waals surface area contributed by atoms with Gasteiger partial charge in [0.25, 0.3) is 0 Å². The first kappa shape index (κ1) is 58.9. The Kier molecular flexibility index (Phi) is 40.8. The third-order valence-corrected chi connectivity index (χ3v) is 16.6. The minimum atomic E-state index is 0.148. The second-order valence-electron chi connectivity index (χ2n) is 20.2. The summed E-state index contributed by atoms with van der Waals surface area (Å²) < 4.78 is 0. The zero-order valence-corrected chi connectivity index (χ0v) is 44.8. The smallest absolute Gasteiger partial charge is 0.193 e. The van der Waals surface area contributed by atoms with Gasteiger partial charge >= 0.3 is 0 Å². The molecule has 0 saturated heterocycles. The molecule has 0 amide bonds. The Morgan fingerprint density at radius 2 is 0.516 bits per heavy atom. The average molecular weight is 920 g/mol. The van der Waals surface area contributed by atoms with Crippen LogP contribution >= 0.6 is 23.5 Å². The first-order valence-corrected chi connectivity index (χ1v) is 30.6. The number of hydrogen-bond donors (Lipinski definition) is 0.